The molecule has 0 spiro atoms. The fourth-order valence-corrected chi connectivity index (χ4v) is 3.43. The standard InChI is InChI=1S/C24H26FNO4/c1-15-19(6-5-7-22(15)29-3)24(27)20-12-17(25)9-11-21(20)26-14-16-8-10-18(28-2)13-23(16)30-4/h5-13,24,26-27H,14H2,1-4H3. The van der Waals surface area contributed by atoms with Crippen molar-refractivity contribution in [1.29, 1.82) is 0 Å². The van der Waals surface area contributed by atoms with Crippen molar-refractivity contribution in [3.05, 3.63) is 82.7 Å². The predicted molar refractivity (Wildman–Crippen MR) is 115 cm³/mol. The van der Waals surface area contributed by atoms with Crippen LogP contribution in [0.1, 0.15) is 28.4 Å². The summed E-state index contributed by atoms with van der Waals surface area (Å²) >= 11 is 0. The lowest BCUT2D eigenvalue weighted by molar-refractivity contribution is 0.219. The van der Waals surface area contributed by atoms with E-state index in [4.69, 9.17) is 14.2 Å². The van der Waals surface area contributed by atoms with E-state index in [1.165, 1.54) is 12.1 Å². The number of hydrogen-bond donors (Lipinski definition) is 2. The van der Waals surface area contributed by atoms with Gasteiger partial charge in [0.2, 0.25) is 0 Å². The Labute approximate surface area is 176 Å². The number of halogens is 1. The molecule has 0 amide bonds. The van der Waals surface area contributed by atoms with Gasteiger partial charge >= 0.3 is 0 Å². The minimum Gasteiger partial charge on any atom is -0.497 e. The van der Waals surface area contributed by atoms with Crippen molar-refractivity contribution in [2.75, 3.05) is 26.6 Å². The first kappa shape index (κ1) is 21.5. The summed E-state index contributed by atoms with van der Waals surface area (Å²) in [5.41, 5.74) is 3.44. The molecule has 3 aromatic rings. The van der Waals surface area contributed by atoms with Gasteiger partial charge in [-0.25, -0.2) is 4.39 Å². The van der Waals surface area contributed by atoms with E-state index in [0.29, 0.717) is 40.6 Å². The Bertz CT molecular complexity index is 1020. The molecule has 1 unspecified atom stereocenters. The third-order valence-electron chi connectivity index (χ3n) is 5.11. The average molecular weight is 411 g/mol. The number of benzene rings is 3. The second-order valence-corrected chi connectivity index (χ2v) is 6.84. The van der Waals surface area contributed by atoms with E-state index >= 15 is 0 Å². The van der Waals surface area contributed by atoms with Crippen molar-refractivity contribution >= 4 is 5.69 Å². The van der Waals surface area contributed by atoms with Gasteiger partial charge in [-0.2, -0.15) is 0 Å². The van der Waals surface area contributed by atoms with Crippen LogP contribution in [0.2, 0.25) is 0 Å². The summed E-state index contributed by atoms with van der Waals surface area (Å²) in [4.78, 5) is 0. The summed E-state index contributed by atoms with van der Waals surface area (Å²) in [6.07, 6.45) is -1.02. The third kappa shape index (κ3) is 4.49. The van der Waals surface area contributed by atoms with E-state index in [1.807, 2.05) is 31.2 Å². The monoisotopic (exact) mass is 411 g/mol. The second kappa shape index (κ2) is 9.50. The van der Waals surface area contributed by atoms with Gasteiger partial charge in [-0.1, -0.05) is 12.1 Å². The van der Waals surface area contributed by atoms with E-state index in [2.05, 4.69) is 5.32 Å². The molecule has 1 atom stereocenters. The molecule has 0 fully saturated rings. The maximum atomic E-state index is 14.0. The Hall–Kier alpha value is -3.25. The van der Waals surface area contributed by atoms with Gasteiger partial charge in [-0.05, 0) is 54.4 Å². The van der Waals surface area contributed by atoms with Crippen LogP contribution < -0.4 is 19.5 Å². The fraction of sp³-hybridized carbons (Fsp3) is 0.250. The number of rotatable bonds is 8. The number of hydrogen-bond acceptors (Lipinski definition) is 5. The Balaban J connectivity index is 1.91. The molecule has 0 aromatic heterocycles. The number of aliphatic hydroxyl groups excluding tert-OH is 1. The molecule has 0 aliphatic carbocycles. The van der Waals surface area contributed by atoms with E-state index in [0.717, 1.165) is 11.1 Å². The summed E-state index contributed by atoms with van der Waals surface area (Å²) in [6.45, 7) is 2.29. The summed E-state index contributed by atoms with van der Waals surface area (Å²) in [5, 5.41) is 14.3. The predicted octanol–water partition coefficient (Wildman–Crippen LogP) is 4.85. The van der Waals surface area contributed by atoms with E-state index < -0.39 is 11.9 Å². The fourth-order valence-electron chi connectivity index (χ4n) is 3.43. The molecular formula is C24H26FNO4. The molecule has 158 valence electrons. The number of methoxy groups -OCH3 is 3. The van der Waals surface area contributed by atoms with Crippen LogP contribution in [0.25, 0.3) is 0 Å². The summed E-state index contributed by atoms with van der Waals surface area (Å²) < 4.78 is 30.1. The summed E-state index contributed by atoms with van der Waals surface area (Å²) in [6, 6.07) is 15.3. The topological polar surface area (TPSA) is 60.0 Å². The number of ether oxygens (including phenoxy) is 3. The SMILES string of the molecule is COc1ccc(CNc2ccc(F)cc2C(O)c2cccc(OC)c2C)c(OC)c1. The van der Waals surface area contributed by atoms with Gasteiger partial charge in [0.1, 0.15) is 29.2 Å². The zero-order valence-electron chi connectivity index (χ0n) is 17.5. The van der Waals surface area contributed by atoms with Gasteiger partial charge in [-0.3, -0.25) is 0 Å². The molecule has 0 heterocycles. The first-order chi connectivity index (χ1) is 14.5. The minimum atomic E-state index is -1.02. The van der Waals surface area contributed by atoms with Crippen molar-refractivity contribution in [2.45, 2.75) is 19.6 Å². The molecule has 0 aliphatic heterocycles. The maximum absolute atomic E-state index is 14.0. The summed E-state index contributed by atoms with van der Waals surface area (Å²) in [7, 11) is 4.77. The molecule has 0 aliphatic rings. The highest BCUT2D eigenvalue weighted by Crippen LogP contribution is 2.34. The van der Waals surface area contributed by atoms with Crippen LogP contribution in [0.3, 0.4) is 0 Å². The molecule has 2 N–H and O–H groups in total. The first-order valence-corrected chi connectivity index (χ1v) is 9.54. The van der Waals surface area contributed by atoms with Crippen molar-refractivity contribution in [1.82, 2.24) is 0 Å². The molecule has 3 aromatic carbocycles. The first-order valence-electron chi connectivity index (χ1n) is 9.54. The largest absolute Gasteiger partial charge is 0.497 e. The quantitative estimate of drug-likeness (QED) is 0.555. The van der Waals surface area contributed by atoms with Crippen LogP contribution in [-0.2, 0) is 6.54 Å². The van der Waals surface area contributed by atoms with Gasteiger partial charge in [0.15, 0.2) is 0 Å². The summed E-state index contributed by atoms with van der Waals surface area (Å²) in [5.74, 6) is 1.62. The Morgan fingerprint density at radius 1 is 0.900 bits per heavy atom. The van der Waals surface area contributed by atoms with Crippen LogP contribution in [0.15, 0.2) is 54.6 Å². The lowest BCUT2D eigenvalue weighted by atomic mass is 9.95. The van der Waals surface area contributed by atoms with E-state index in [1.54, 1.807) is 39.5 Å². The Kier molecular flexibility index (Phi) is 6.79. The normalized spacial score (nSPS) is 11.7. The van der Waals surface area contributed by atoms with Crippen molar-refractivity contribution in [3.8, 4) is 17.2 Å². The highest BCUT2D eigenvalue weighted by molar-refractivity contribution is 5.57. The Morgan fingerprint density at radius 3 is 2.37 bits per heavy atom. The van der Waals surface area contributed by atoms with Gasteiger partial charge in [0, 0.05) is 29.4 Å². The van der Waals surface area contributed by atoms with Gasteiger partial charge < -0.3 is 24.6 Å². The van der Waals surface area contributed by atoms with Crippen molar-refractivity contribution in [3.63, 3.8) is 0 Å². The molecule has 30 heavy (non-hydrogen) atoms. The van der Waals surface area contributed by atoms with Gasteiger partial charge in [-0.15, -0.1) is 0 Å². The number of anilines is 1. The molecule has 5 nitrogen and oxygen atoms in total. The Morgan fingerprint density at radius 2 is 1.67 bits per heavy atom. The van der Waals surface area contributed by atoms with Crippen LogP contribution in [0.5, 0.6) is 17.2 Å². The third-order valence-corrected chi connectivity index (χ3v) is 5.11. The van der Waals surface area contributed by atoms with E-state index in [-0.39, 0.29) is 0 Å². The minimum absolute atomic E-state index is 0.419. The molecular weight excluding hydrogens is 385 g/mol. The zero-order chi connectivity index (χ0) is 21.7. The highest BCUT2D eigenvalue weighted by atomic mass is 19.1. The average Bonchev–Trinajstić information content (AvgIpc) is 2.77. The number of nitrogens with one attached hydrogen (secondary N) is 1. The molecule has 0 radical (unpaired) electrons. The molecule has 0 saturated carbocycles. The lowest BCUT2D eigenvalue weighted by Crippen LogP contribution is -2.09. The number of aliphatic hydroxyl groups is 1. The molecule has 0 saturated heterocycles. The smallest absolute Gasteiger partial charge is 0.127 e. The van der Waals surface area contributed by atoms with Crippen molar-refractivity contribution in [2.24, 2.45) is 0 Å². The highest BCUT2D eigenvalue weighted by Gasteiger charge is 2.19. The van der Waals surface area contributed by atoms with Crippen LogP contribution in [-0.4, -0.2) is 26.4 Å². The zero-order valence-corrected chi connectivity index (χ0v) is 17.5. The maximum Gasteiger partial charge on any atom is 0.127 e. The molecule has 0 bridgehead atoms. The lowest BCUT2D eigenvalue weighted by Gasteiger charge is -2.20. The van der Waals surface area contributed by atoms with Gasteiger partial charge in [0.25, 0.3) is 0 Å². The molecule has 6 heteroatoms. The molecule has 3 rings (SSSR count). The van der Waals surface area contributed by atoms with Crippen LogP contribution >= 0.6 is 0 Å². The van der Waals surface area contributed by atoms with Crippen LogP contribution in [0, 0.1) is 12.7 Å². The van der Waals surface area contributed by atoms with E-state index in [9.17, 15) is 9.50 Å². The van der Waals surface area contributed by atoms with Crippen LogP contribution in [0.4, 0.5) is 10.1 Å². The second-order valence-electron chi connectivity index (χ2n) is 6.84. The van der Waals surface area contributed by atoms with Gasteiger partial charge in [0.05, 0.1) is 21.3 Å². The van der Waals surface area contributed by atoms with Crippen molar-refractivity contribution < 1.29 is 23.7 Å².